The van der Waals surface area contributed by atoms with Gasteiger partial charge in [-0.3, -0.25) is 4.79 Å². The highest BCUT2D eigenvalue weighted by Gasteiger charge is 2.25. The van der Waals surface area contributed by atoms with Gasteiger partial charge in [-0.1, -0.05) is 15.9 Å². The fourth-order valence-electron chi connectivity index (χ4n) is 3.99. The highest BCUT2D eigenvalue weighted by atomic mass is 79.9. The van der Waals surface area contributed by atoms with E-state index in [0.29, 0.717) is 37.1 Å². The molecule has 0 spiro atoms. The summed E-state index contributed by atoms with van der Waals surface area (Å²) in [5, 5.41) is 0.697. The Labute approximate surface area is 203 Å². The third-order valence-corrected chi connectivity index (χ3v) is 6.35. The lowest BCUT2D eigenvalue weighted by Crippen LogP contribution is -2.49. The van der Waals surface area contributed by atoms with Crippen LogP contribution in [0.3, 0.4) is 0 Å². The molecule has 34 heavy (non-hydrogen) atoms. The highest BCUT2D eigenvalue weighted by molar-refractivity contribution is 9.10. The van der Waals surface area contributed by atoms with Gasteiger partial charge >= 0.3 is 5.63 Å². The molecular formula is C25H21BrN4O4. The number of piperazine rings is 1. The molecule has 9 heteroatoms. The van der Waals surface area contributed by atoms with Crippen LogP contribution in [0.2, 0.25) is 0 Å². The number of hydrogen-bond acceptors (Lipinski definition) is 7. The molecule has 3 heterocycles. The molecule has 8 nitrogen and oxygen atoms in total. The molecular weight excluding hydrogens is 500 g/mol. The topological polar surface area (TPSA) is 88.8 Å². The molecule has 2 aromatic carbocycles. The van der Waals surface area contributed by atoms with E-state index in [1.165, 1.54) is 0 Å². The number of ether oxygens (including phenoxy) is 1. The zero-order chi connectivity index (χ0) is 23.7. The molecule has 0 atom stereocenters. The Morgan fingerprint density at radius 3 is 2.50 bits per heavy atom. The van der Waals surface area contributed by atoms with Gasteiger partial charge in [0, 0.05) is 47.7 Å². The van der Waals surface area contributed by atoms with Gasteiger partial charge in [-0.15, -0.1) is 0 Å². The maximum absolute atomic E-state index is 13.1. The maximum atomic E-state index is 13.1. The number of halogens is 1. The minimum atomic E-state index is -0.623. The first kappa shape index (κ1) is 22.1. The molecule has 5 rings (SSSR count). The van der Waals surface area contributed by atoms with Crippen LogP contribution in [-0.2, 0) is 0 Å². The van der Waals surface area contributed by atoms with Crippen molar-refractivity contribution in [3.63, 3.8) is 0 Å². The molecule has 1 aliphatic rings. The highest BCUT2D eigenvalue weighted by Crippen LogP contribution is 2.24. The van der Waals surface area contributed by atoms with Crippen molar-refractivity contribution in [2.24, 2.45) is 0 Å². The number of methoxy groups -OCH3 is 1. The molecule has 1 fully saturated rings. The van der Waals surface area contributed by atoms with Crippen LogP contribution in [0.15, 0.2) is 74.6 Å². The van der Waals surface area contributed by atoms with Crippen molar-refractivity contribution < 1.29 is 13.9 Å². The number of aromatic nitrogens is 2. The summed E-state index contributed by atoms with van der Waals surface area (Å²) in [4.78, 5) is 38.1. The van der Waals surface area contributed by atoms with E-state index in [2.05, 4.69) is 30.8 Å². The molecule has 0 N–H and O–H groups in total. The summed E-state index contributed by atoms with van der Waals surface area (Å²) in [5.41, 5.74) is 1.65. The average Bonchev–Trinajstić information content (AvgIpc) is 2.88. The lowest BCUT2D eigenvalue weighted by atomic mass is 10.1. The van der Waals surface area contributed by atoms with Crippen LogP contribution in [0.5, 0.6) is 5.75 Å². The molecule has 0 radical (unpaired) electrons. The number of rotatable bonds is 4. The van der Waals surface area contributed by atoms with E-state index < -0.39 is 5.63 Å². The second-order valence-electron chi connectivity index (χ2n) is 7.90. The van der Waals surface area contributed by atoms with Crippen molar-refractivity contribution in [1.29, 1.82) is 0 Å². The zero-order valence-electron chi connectivity index (χ0n) is 18.4. The summed E-state index contributed by atoms with van der Waals surface area (Å²) in [6, 6.07) is 16.6. The lowest BCUT2D eigenvalue weighted by molar-refractivity contribution is 0.0742. The number of benzene rings is 2. The van der Waals surface area contributed by atoms with Crippen molar-refractivity contribution in [1.82, 2.24) is 14.9 Å². The predicted octanol–water partition coefficient (Wildman–Crippen LogP) is 3.98. The first-order valence-electron chi connectivity index (χ1n) is 10.8. The van der Waals surface area contributed by atoms with Crippen molar-refractivity contribution in [3.8, 4) is 17.0 Å². The monoisotopic (exact) mass is 520 g/mol. The Morgan fingerprint density at radius 1 is 1.00 bits per heavy atom. The molecule has 1 aliphatic heterocycles. The SMILES string of the molecule is COc1ccc(-c2cc(N3CCN(C(=O)c4cc5cc(Br)ccc5oc4=O)CC3)ncn2)cc1. The molecule has 2 aromatic heterocycles. The first-order chi connectivity index (χ1) is 16.5. The Kier molecular flexibility index (Phi) is 6.02. The number of hydrogen-bond donors (Lipinski definition) is 0. The molecule has 172 valence electrons. The Morgan fingerprint density at radius 2 is 1.76 bits per heavy atom. The minimum Gasteiger partial charge on any atom is -0.497 e. The van der Waals surface area contributed by atoms with Crippen molar-refractivity contribution in [3.05, 3.63) is 81.4 Å². The maximum Gasteiger partial charge on any atom is 0.349 e. The van der Waals surface area contributed by atoms with Crippen LogP contribution in [0, 0.1) is 0 Å². The summed E-state index contributed by atoms with van der Waals surface area (Å²) in [6.07, 6.45) is 1.55. The van der Waals surface area contributed by atoms with Gasteiger partial charge in [0.15, 0.2) is 0 Å². The van der Waals surface area contributed by atoms with Crippen LogP contribution in [0.4, 0.5) is 5.82 Å². The van der Waals surface area contributed by atoms with Crippen LogP contribution >= 0.6 is 15.9 Å². The van der Waals surface area contributed by atoms with E-state index in [-0.39, 0.29) is 11.5 Å². The minimum absolute atomic E-state index is 0.0443. The Bertz CT molecular complexity index is 1410. The third-order valence-electron chi connectivity index (χ3n) is 5.85. The Hall–Kier alpha value is -3.72. The predicted molar refractivity (Wildman–Crippen MR) is 132 cm³/mol. The van der Waals surface area contributed by atoms with E-state index in [4.69, 9.17) is 9.15 Å². The summed E-state index contributed by atoms with van der Waals surface area (Å²) in [6.45, 7) is 2.12. The molecule has 0 aliphatic carbocycles. The summed E-state index contributed by atoms with van der Waals surface area (Å²) < 4.78 is 11.4. The van der Waals surface area contributed by atoms with E-state index in [0.717, 1.165) is 27.3 Å². The van der Waals surface area contributed by atoms with Gasteiger partial charge in [-0.05, 0) is 48.5 Å². The van der Waals surface area contributed by atoms with Gasteiger partial charge in [0.05, 0.1) is 12.8 Å². The quantitative estimate of drug-likeness (QED) is 0.376. The average molecular weight is 521 g/mol. The third kappa shape index (κ3) is 4.38. The van der Waals surface area contributed by atoms with E-state index in [1.54, 1.807) is 36.5 Å². The smallest absolute Gasteiger partial charge is 0.349 e. The zero-order valence-corrected chi connectivity index (χ0v) is 20.0. The number of anilines is 1. The second-order valence-corrected chi connectivity index (χ2v) is 8.81. The van der Waals surface area contributed by atoms with Gasteiger partial charge in [0.2, 0.25) is 0 Å². The Balaban J connectivity index is 1.30. The lowest BCUT2D eigenvalue weighted by Gasteiger charge is -2.35. The van der Waals surface area contributed by atoms with Gasteiger partial charge in [-0.2, -0.15) is 0 Å². The van der Waals surface area contributed by atoms with Gasteiger partial charge in [-0.25, -0.2) is 14.8 Å². The van der Waals surface area contributed by atoms with E-state index in [1.807, 2.05) is 36.4 Å². The number of nitrogens with zero attached hydrogens (tertiary/aromatic N) is 4. The molecule has 4 aromatic rings. The fraction of sp³-hybridized carbons (Fsp3) is 0.200. The van der Waals surface area contributed by atoms with Crippen LogP contribution in [0.25, 0.3) is 22.2 Å². The van der Waals surface area contributed by atoms with Crippen LogP contribution in [0.1, 0.15) is 10.4 Å². The second kappa shape index (κ2) is 9.26. The largest absolute Gasteiger partial charge is 0.497 e. The number of carbonyl (C=O) groups is 1. The van der Waals surface area contributed by atoms with Crippen molar-refractivity contribution in [2.45, 2.75) is 0 Å². The summed E-state index contributed by atoms with van der Waals surface area (Å²) >= 11 is 3.41. The van der Waals surface area contributed by atoms with Crippen molar-refractivity contribution >= 4 is 38.6 Å². The number of carbonyl (C=O) groups excluding carboxylic acids is 1. The molecule has 1 amide bonds. The van der Waals surface area contributed by atoms with Gasteiger partial charge in [0.1, 0.15) is 29.0 Å². The van der Waals surface area contributed by atoms with Crippen LogP contribution in [-0.4, -0.2) is 54.1 Å². The standard InChI is InChI=1S/C25H21BrN4O4/c1-33-19-5-2-16(3-6-19)21-14-23(28-15-27-21)29-8-10-30(11-9-29)24(31)20-13-17-12-18(26)4-7-22(17)34-25(20)32/h2-7,12-15H,8-11H2,1H3. The van der Waals surface area contributed by atoms with Crippen LogP contribution < -0.4 is 15.3 Å². The van der Waals surface area contributed by atoms with E-state index >= 15 is 0 Å². The number of amides is 1. The first-order valence-corrected chi connectivity index (χ1v) is 11.6. The fourth-order valence-corrected chi connectivity index (χ4v) is 4.37. The molecule has 1 saturated heterocycles. The molecule has 0 unspecified atom stereocenters. The van der Waals surface area contributed by atoms with Gasteiger partial charge in [0.25, 0.3) is 5.91 Å². The normalized spacial score (nSPS) is 13.8. The van der Waals surface area contributed by atoms with Gasteiger partial charge < -0.3 is 19.0 Å². The van der Waals surface area contributed by atoms with Crippen molar-refractivity contribution in [2.75, 3.05) is 38.2 Å². The molecule has 0 bridgehead atoms. The summed E-state index contributed by atoms with van der Waals surface area (Å²) in [5.74, 6) is 1.26. The molecule has 0 saturated carbocycles. The van der Waals surface area contributed by atoms with E-state index in [9.17, 15) is 9.59 Å². The summed E-state index contributed by atoms with van der Waals surface area (Å²) in [7, 11) is 1.63. The number of fused-ring (bicyclic) bond motifs is 1.